The molecule has 1 fully saturated rings. The molecule has 1 aliphatic carbocycles. The van der Waals surface area contributed by atoms with Crippen molar-refractivity contribution in [2.45, 2.75) is 51.7 Å². The van der Waals surface area contributed by atoms with Gasteiger partial charge in [-0.3, -0.25) is 4.79 Å². The van der Waals surface area contributed by atoms with E-state index in [4.69, 9.17) is 4.74 Å². The van der Waals surface area contributed by atoms with E-state index in [1.165, 1.54) is 11.3 Å². The van der Waals surface area contributed by atoms with Gasteiger partial charge in [0.1, 0.15) is 11.0 Å². The van der Waals surface area contributed by atoms with E-state index >= 15 is 0 Å². The Hall–Kier alpha value is -1.87. The van der Waals surface area contributed by atoms with Crippen LogP contribution in [0.1, 0.15) is 51.0 Å². The first kappa shape index (κ1) is 16.5. The van der Waals surface area contributed by atoms with Gasteiger partial charge in [-0.15, -0.1) is 11.3 Å². The molecule has 0 spiro atoms. The number of thiophene rings is 1. The Morgan fingerprint density at radius 1 is 1.55 bits per heavy atom. The molecule has 0 aliphatic heterocycles. The van der Waals surface area contributed by atoms with Crippen molar-refractivity contribution in [1.82, 2.24) is 5.32 Å². The third-order valence-corrected chi connectivity index (χ3v) is 4.59. The Kier molecular flexibility index (Phi) is 4.57. The molecule has 1 saturated carbocycles. The molecule has 0 radical (unpaired) electrons. The SMILES string of the molecule is CC(C)(C)OC(=O)N[C@@H](c1cccs1)[C@]1(C#N)CCCC1=O. The van der Waals surface area contributed by atoms with Gasteiger partial charge in [-0.25, -0.2) is 4.79 Å². The van der Waals surface area contributed by atoms with Crippen molar-refractivity contribution in [2.24, 2.45) is 5.41 Å². The molecule has 1 aliphatic rings. The van der Waals surface area contributed by atoms with Crippen molar-refractivity contribution < 1.29 is 14.3 Å². The van der Waals surface area contributed by atoms with Gasteiger partial charge >= 0.3 is 6.09 Å². The number of carbonyl (C=O) groups is 2. The van der Waals surface area contributed by atoms with Crippen molar-refractivity contribution >= 4 is 23.2 Å². The van der Waals surface area contributed by atoms with Crippen LogP contribution in [0.15, 0.2) is 17.5 Å². The monoisotopic (exact) mass is 320 g/mol. The summed E-state index contributed by atoms with van der Waals surface area (Å²) in [6.45, 7) is 5.31. The number of rotatable bonds is 3. The van der Waals surface area contributed by atoms with Crippen molar-refractivity contribution in [3.63, 3.8) is 0 Å². The van der Waals surface area contributed by atoms with Crippen LogP contribution in [0.2, 0.25) is 0 Å². The lowest BCUT2D eigenvalue weighted by Gasteiger charge is -2.31. The van der Waals surface area contributed by atoms with Crippen LogP contribution in [0.3, 0.4) is 0 Å². The predicted molar refractivity (Wildman–Crippen MR) is 83.3 cm³/mol. The zero-order valence-corrected chi connectivity index (χ0v) is 13.8. The Labute approximate surface area is 134 Å². The normalized spacial score (nSPS) is 22.9. The fraction of sp³-hybridized carbons (Fsp3) is 0.562. The fourth-order valence-electron chi connectivity index (χ4n) is 2.70. The number of carbonyl (C=O) groups excluding carboxylic acids is 2. The van der Waals surface area contributed by atoms with E-state index in [0.29, 0.717) is 19.3 Å². The average Bonchev–Trinajstić information content (AvgIpc) is 3.04. The van der Waals surface area contributed by atoms with E-state index in [9.17, 15) is 14.9 Å². The molecule has 1 aromatic heterocycles. The van der Waals surface area contributed by atoms with Crippen molar-refractivity contribution in [2.75, 3.05) is 0 Å². The smallest absolute Gasteiger partial charge is 0.408 e. The predicted octanol–water partition coefficient (Wildman–Crippen LogP) is 3.58. The van der Waals surface area contributed by atoms with Gasteiger partial charge in [-0.1, -0.05) is 6.07 Å². The number of alkyl carbamates (subject to hydrolysis) is 1. The first-order valence-corrected chi connectivity index (χ1v) is 8.14. The summed E-state index contributed by atoms with van der Waals surface area (Å²) in [4.78, 5) is 25.3. The van der Waals surface area contributed by atoms with Crippen molar-refractivity contribution in [1.29, 1.82) is 5.26 Å². The van der Waals surface area contributed by atoms with E-state index in [0.717, 1.165) is 4.88 Å². The van der Waals surface area contributed by atoms with Crippen LogP contribution in [0.5, 0.6) is 0 Å². The Morgan fingerprint density at radius 3 is 2.73 bits per heavy atom. The highest BCUT2D eigenvalue weighted by molar-refractivity contribution is 7.10. The molecule has 6 heteroatoms. The minimum absolute atomic E-state index is 0.107. The Morgan fingerprint density at radius 2 is 2.27 bits per heavy atom. The number of nitrogens with zero attached hydrogens (tertiary/aromatic N) is 1. The highest BCUT2D eigenvalue weighted by Crippen LogP contribution is 2.45. The van der Waals surface area contributed by atoms with Crippen LogP contribution < -0.4 is 5.32 Å². The molecule has 1 amide bonds. The summed E-state index contributed by atoms with van der Waals surface area (Å²) in [5, 5.41) is 14.3. The summed E-state index contributed by atoms with van der Waals surface area (Å²) in [7, 11) is 0. The molecule has 1 heterocycles. The van der Waals surface area contributed by atoms with E-state index in [2.05, 4.69) is 11.4 Å². The maximum Gasteiger partial charge on any atom is 0.408 e. The largest absolute Gasteiger partial charge is 0.444 e. The van der Waals surface area contributed by atoms with Gasteiger partial charge < -0.3 is 10.1 Å². The zero-order chi connectivity index (χ0) is 16.4. The Balaban J connectivity index is 2.31. The second kappa shape index (κ2) is 6.09. The second-order valence-corrected chi connectivity index (χ2v) is 7.43. The number of ketones is 1. The minimum Gasteiger partial charge on any atom is -0.444 e. The first-order chi connectivity index (χ1) is 10.3. The molecule has 0 aromatic carbocycles. The standard InChI is InChI=1S/C16H20N2O3S/c1-15(2,3)21-14(20)18-13(11-6-5-9-22-11)16(10-17)8-4-7-12(16)19/h5-6,9,13H,4,7-8H2,1-3H3,(H,18,20)/t13-,16-/m0/s1. The van der Waals surface area contributed by atoms with Gasteiger partial charge in [0.25, 0.3) is 0 Å². The lowest BCUT2D eigenvalue weighted by atomic mass is 9.78. The van der Waals surface area contributed by atoms with Crippen LogP contribution in [0.25, 0.3) is 0 Å². The van der Waals surface area contributed by atoms with Gasteiger partial charge in [-0.2, -0.15) is 5.26 Å². The summed E-state index contributed by atoms with van der Waals surface area (Å²) in [6, 6.07) is 5.18. The molecule has 22 heavy (non-hydrogen) atoms. The summed E-state index contributed by atoms with van der Waals surface area (Å²) in [5.74, 6) is -0.107. The lowest BCUT2D eigenvalue weighted by molar-refractivity contribution is -0.124. The number of ether oxygens (including phenoxy) is 1. The summed E-state index contributed by atoms with van der Waals surface area (Å²) in [5.41, 5.74) is -1.83. The molecule has 1 N–H and O–H groups in total. The number of nitrogens with one attached hydrogen (secondary N) is 1. The van der Waals surface area contributed by atoms with Gasteiger partial charge in [0.05, 0.1) is 12.1 Å². The molecular weight excluding hydrogens is 300 g/mol. The van der Waals surface area contributed by atoms with Crippen LogP contribution in [0.4, 0.5) is 4.79 Å². The Bertz CT molecular complexity index is 598. The summed E-state index contributed by atoms with van der Waals surface area (Å²) in [6.07, 6.45) is 0.899. The third kappa shape index (κ3) is 3.30. The third-order valence-electron chi connectivity index (χ3n) is 3.65. The number of hydrogen-bond donors (Lipinski definition) is 1. The molecule has 2 rings (SSSR count). The average molecular weight is 320 g/mol. The highest BCUT2D eigenvalue weighted by atomic mass is 32.1. The van der Waals surface area contributed by atoms with Crippen molar-refractivity contribution in [3.05, 3.63) is 22.4 Å². The highest BCUT2D eigenvalue weighted by Gasteiger charge is 2.50. The summed E-state index contributed by atoms with van der Waals surface area (Å²) < 4.78 is 5.28. The second-order valence-electron chi connectivity index (χ2n) is 6.45. The van der Waals surface area contributed by atoms with E-state index in [-0.39, 0.29) is 5.78 Å². The molecule has 1 aromatic rings. The first-order valence-electron chi connectivity index (χ1n) is 7.26. The van der Waals surface area contributed by atoms with Crippen LogP contribution in [-0.4, -0.2) is 17.5 Å². The minimum atomic E-state index is -1.19. The number of Topliss-reactive ketones (excluding diaryl/α,β-unsaturated/α-hetero) is 1. The number of hydrogen-bond acceptors (Lipinski definition) is 5. The lowest BCUT2D eigenvalue weighted by Crippen LogP contribution is -2.44. The molecule has 0 bridgehead atoms. The maximum atomic E-state index is 12.3. The number of amides is 1. The molecule has 0 unspecified atom stereocenters. The summed E-state index contributed by atoms with van der Waals surface area (Å²) >= 11 is 1.42. The van der Waals surface area contributed by atoms with Crippen molar-refractivity contribution in [3.8, 4) is 6.07 Å². The van der Waals surface area contributed by atoms with E-state index in [1.54, 1.807) is 20.8 Å². The molecule has 0 saturated heterocycles. The van der Waals surface area contributed by atoms with Gasteiger partial charge in [0.15, 0.2) is 5.78 Å². The quantitative estimate of drug-likeness (QED) is 0.923. The van der Waals surface area contributed by atoms with E-state index in [1.807, 2.05) is 17.5 Å². The number of nitriles is 1. The zero-order valence-electron chi connectivity index (χ0n) is 13.0. The van der Waals surface area contributed by atoms with Crippen LogP contribution in [0, 0.1) is 16.7 Å². The fourth-order valence-corrected chi connectivity index (χ4v) is 3.56. The van der Waals surface area contributed by atoms with Crippen LogP contribution in [-0.2, 0) is 9.53 Å². The maximum absolute atomic E-state index is 12.3. The van der Waals surface area contributed by atoms with Gasteiger partial charge in [0, 0.05) is 11.3 Å². The van der Waals surface area contributed by atoms with Gasteiger partial charge in [-0.05, 0) is 45.1 Å². The molecule has 5 nitrogen and oxygen atoms in total. The molecule has 118 valence electrons. The molecular formula is C16H20N2O3S. The van der Waals surface area contributed by atoms with Gasteiger partial charge in [0.2, 0.25) is 0 Å². The topological polar surface area (TPSA) is 79.2 Å². The molecule has 2 atom stereocenters. The van der Waals surface area contributed by atoms with Crippen LogP contribution >= 0.6 is 11.3 Å². The van der Waals surface area contributed by atoms with E-state index < -0.39 is 23.2 Å².